The van der Waals surface area contributed by atoms with Crippen molar-refractivity contribution < 1.29 is 30.3 Å². The van der Waals surface area contributed by atoms with Crippen molar-refractivity contribution in [2.45, 2.75) is 43.2 Å². The highest BCUT2D eigenvalue weighted by Crippen LogP contribution is 2.40. The molecule has 0 bridgehead atoms. The molecular weight excluding hydrogens is 206 g/mol. The van der Waals surface area contributed by atoms with Crippen LogP contribution in [0.4, 0.5) is 0 Å². The molecule has 0 saturated carbocycles. The minimum absolute atomic E-state index is 0.646. The molecule has 90 valence electrons. The molecule has 0 amide bonds. The molecular formula is C8H17NO6. The summed E-state index contributed by atoms with van der Waals surface area (Å²) in [5, 5.41) is 47.7. The summed E-state index contributed by atoms with van der Waals surface area (Å²) in [4.78, 5) is 0. The molecule has 1 heterocycles. The monoisotopic (exact) mass is 223 g/mol. The Morgan fingerprint density at radius 3 is 2.13 bits per heavy atom. The Morgan fingerprint density at radius 2 is 1.73 bits per heavy atom. The Morgan fingerprint density at radius 1 is 1.27 bits per heavy atom. The first-order valence-electron chi connectivity index (χ1n) is 4.50. The quantitative estimate of drug-likeness (QED) is 0.258. The SMILES string of the molecule is CC1(O)C(O)C(CO)OC(N)(O)C1(C)O. The summed E-state index contributed by atoms with van der Waals surface area (Å²) >= 11 is 0. The van der Waals surface area contributed by atoms with Gasteiger partial charge in [0.2, 0.25) is 0 Å². The van der Waals surface area contributed by atoms with Gasteiger partial charge in [0.25, 0.3) is 5.91 Å². The Balaban J connectivity index is 3.14. The Hall–Kier alpha value is -0.280. The largest absolute Gasteiger partial charge is 0.394 e. The van der Waals surface area contributed by atoms with Crippen molar-refractivity contribution in [1.29, 1.82) is 0 Å². The highest BCUT2D eigenvalue weighted by Gasteiger charge is 2.65. The topological polar surface area (TPSA) is 136 Å². The van der Waals surface area contributed by atoms with Crippen molar-refractivity contribution >= 4 is 0 Å². The summed E-state index contributed by atoms with van der Waals surface area (Å²) in [5.74, 6) is -2.55. The van der Waals surface area contributed by atoms with E-state index in [0.29, 0.717) is 0 Å². The summed E-state index contributed by atoms with van der Waals surface area (Å²) in [7, 11) is 0. The van der Waals surface area contributed by atoms with Crippen LogP contribution in [-0.2, 0) is 4.74 Å². The lowest BCUT2D eigenvalue weighted by Crippen LogP contribution is -2.80. The van der Waals surface area contributed by atoms with Crippen LogP contribution >= 0.6 is 0 Å². The van der Waals surface area contributed by atoms with Crippen LogP contribution in [0.25, 0.3) is 0 Å². The fourth-order valence-electron chi connectivity index (χ4n) is 1.56. The maximum Gasteiger partial charge on any atom is 0.255 e. The van der Waals surface area contributed by atoms with E-state index in [0.717, 1.165) is 13.8 Å². The van der Waals surface area contributed by atoms with Crippen molar-refractivity contribution in [3.8, 4) is 0 Å². The number of hydrogen-bond donors (Lipinski definition) is 6. The number of aliphatic hydroxyl groups excluding tert-OH is 2. The van der Waals surface area contributed by atoms with Crippen molar-refractivity contribution in [2.75, 3.05) is 6.61 Å². The van der Waals surface area contributed by atoms with E-state index in [9.17, 15) is 20.4 Å². The van der Waals surface area contributed by atoms with Crippen LogP contribution in [0.1, 0.15) is 13.8 Å². The molecule has 1 aliphatic rings. The van der Waals surface area contributed by atoms with Gasteiger partial charge in [0.1, 0.15) is 17.8 Å². The van der Waals surface area contributed by atoms with Gasteiger partial charge in [-0.1, -0.05) is 0 Å². The number of nitrogens with two attached hydrogens (primary N) is 1. The van der Waals surface area contributed by atoms with Gasteiger partial charge in [-0.3, -0.25) is 5.73 Å². The molecule has 0 aromatic carbocycles. The van der Waals surface area contributed by atoms with Gasteiger partial charge in [0.05, 0.1) is 6.61 Å². The summed E-state index contributed by atoms with van der Waals surface area (Å²) in [6, 6.07) is 0. The van der Waals surface area contributed by atoms with Crippen LogP contribution in [0.15, 0.2) is 0 Å². The summed E-state index contributed by atoms with van der Waals surface area (Å²) < 4.78 is 4.71. The molecule has 7 nitrogen and oxygen atoms in total. The van der Waals surface area contributed by atoms with Gasteiger partial charge in [0, 0.05) is 0 Å². The van der Waals surface area contributed by atoms with Crippen molar-refractivity contribution in [3.63, 3.8) is 0 Å². The van der Waals surface area contributed by atoms with E-state index in [4.69, 9.17) is 15.6 Å². The first kappa shape index (κ1) is 12.8. The van der Waals surface area contributed by atoms with Gasteiger partial charge in [-0.15, -0.1) is 0 Å². The molecule has 5 atom stereocenters. The molecule has 5 unspecified atom stereocenters. The lowest BCUT2D eigenvalue weighted by Gasteiger charge is -2.54. The molecule has 7 N–H and O–H groups in total. The van der Waals surface area contributed by atoms with Crippen molar-refractivity contribution in [1.82, 2.24) is 0 Å². The van der Waals surface area contributed by atoms with Gasteiger partial charge < -0.3 is 30.3 Å². The Kier molecular flexibility index (Phi) is 2.86. The zero-order chi connectivity index (χ0) is 12.1. The third-order valence-corrected chi connectivity index (χ3v) is 3.12. The van der Waals surface area contributed by atoms with E-state index in [1.807, 2.05) is 0 Å². The van der Waals surface area contributed by atoms with Crippen molar-refractivity contribution in [2.24, 2.45) is 5.73 Å². The van der Waals surface area contributed by atoms with E-state index in [2.05, 4.69) is 0 Å². The van der Waals surface area contributed by atoms with Gasteiger partial charge in [-0.05, 0) is 13.8 Å². The highest BCUT2D eigenvalue weighted by molar-refractivity contribution is 5.10. The number of aliphatic hydroxyl groups is 5. The van der Waals surface area contributed by atoms with E-state index in [1.54, 1.807) is 0 Å². The molecule has 0 spiro atoms. The van der Waals surface area contributed by atoms with E-state index < -0.39 is 35.9 Å². The van der Waals surface area contributed by atoms with E-state index in [1.165, 1.54) is 0 Å². The molecule has 7 heteroatoms. The molecule has 1 saturated heterocycles. The van der Waals surface area contributed by atoms with Crippen LogP contribution in [0.3, 0.4) is 0 Å². The van der Waals surface area contributed by atoms with Crippen LogP contribution in [0.2, 0.25) is 0 Å². The van der Waals surface area contributed by atoms with Gasteiger partial charge >= 0.3 is 0 Å². The predicted octanol–water partition coefficient (Wildman–Crippen LogP) is -3.15. The fourth-order valence-corrected chi connectivity index (χ4v) is 1.56. The third kappa shape index (κ3) is 1.56. The molecule has 0 radical (unpaired) electrons. The maximum atomic E-state index is 9.88. The normalized spacial score (nSPS) is 56.8. The zero-order valence-electron chi connectivity index (χ0n) is 8.58. The smallest absolute Gasteiger partial charge is 0.255 e. The Labute approximate surface area is 86.7 Å². The van der Waals surface area contributed by atoms with Crippen LogP contribution in [-0.4, -0.2) is 61.5 Å². The van der Waals surface area contributed by atoms with Crippen LogP contribution in [0, 0.1) is 0 Å². The molecule has 15 heavy (non-hydrogen) atoms. The minimum atomic E-state index is -2.55. The first-order valence-corrected chi connectivity index (χ1v) is 4.50. The lowest BCUT2D eigenvalue weighted by atomic mass is 9.74. The average Bonchev–Trinajstić information content (AvgIpc) is 2.10. The Bertz CT molecular complexity index is 252. The lowest BCUT2D eigenvalue weighted by molar-refractivity contribution is -0.406. The van der Waals surface area contributed by atoms with Gasteiger partial charge in [-0.2, -0.15) is 0 Å². The second-order valence-electron chi connectivity index (χ2n) is 4.20. The molecule has 0 aliphatic carbocycles. The van der Waals surface area contributed by atoms with Crippen LogP contribution < -0.4 is 5.73 Å². The van der Waals surface area contributed by atoms with Gasteiger partial charge in [0.15, 0.2) is 5.60 Å². The van der Waals surface area contributed by atoms with Crippen LogP contribution in [0.5, 0.6) is 0 Å². The molecule has 0 aromatic rings. The third-order valence-electron chi connectivity index (χ3n) is 3.12. The molecule has 0 aromatic heterocycles. The molecule has 1 aliphatic heterocycles. The maximum absolute atomic E-state index is 9.88. The summed E-state index contributed by atoms with van der Waals surface area (Å²) in [6.45, 7) is 1.48. The minimum Gasteiger partial charge on any atom is -0.394 e. The highest BCUT2D eigenvalue weighted by atomic mass is 16.7. The average molecular weight is 223 g/mol. The second kappa shape index (κ2) is 3.36. The van der Waals surface area contributed by atoms with Gasteiger partial charge in [-0.25, -0.2) is 0 Å². The van der Waals surface area contributed by atoms with E-state index >= 15 is 0 Å². The summed E-state index contributed by atoms with van der Waals surface area (Å²) in [5.41, 5.74) is 0.879. The standard InChI is InChI=1S/C8H17NO6/c1-6(12)5(11)4(3-10)15-8(9,14)7(6,2)13/h4-5,10-14H,3,9H2,1-2H3. The second-order valence-corrected chi connectivity index (χ2v) is 4.20. The number of ether oxygens (including phenoxy) is 1. The number of rotatable bonds is 1. The fraction of sp³-hybridized carbons (Fsp3) is 1.00. The first-order chi connectivity index (χ1) is 6.58. The van der Waals surface area contributed by atoms with Crippen molar-refractivity contribution in [3.05, 3.63) is 0 Å². The molecule has 1 fully saturated rings. The predicted molar refractivity (Wildman–Crippen MR) is 48.4 cm³/mol. The zero-order valence-corrected chi connectivity index (χ0v) is 8.58. The summed E-state index contributed by atoms with van der Waals surface area (Å²) in [6.07, 6.45) is -2.84. The molecule has 1 rings (SSSR count). The number of hydrogen-bond acceptors (Lipinski definition) is 7. The van der Waals surface area contributed by atoms with E-state index in [-0.39, 0.29) is 0 Å².